The van der Waals surface area contributed by atoms with Crippen LogP contribution >= 0.6 is 11.8 Å². The second kappa shape index (κ2) is 8.83. The maximum absolute atomic E-state index is 8.82. The van der Waals surface area contributed by atoms with Gasteiger partial charge in [0.25, 0.3) is 0 Å². The van der Waals surface area contributed by atoms with Gasteiger partial charge in [0.1, 0.15) is 0 Å². The number of hydrogen-bond acceptors (Lipinski definition) is 2. The van der Waals surface area contributed by atoms with E-state index in [1.807, 2.05) is 0 Å². The molecule has 1 aromatic carbocycles. The fourth-order valence-corrected chi connectivity index (χ4v) is 2.64. The third-order valence-corrected chi connectivity index (χ3v) is 3.86. The van der Waals surface area contributed by atoms with Gasteiger partial charge in [-0.25, -0.2) is 0 Å². The van der Waals surface area contributed by atoms with E-state index in [0.717, 1.165) is 6.42 Å². The Morgan fingerprint density at radius 2 is 1.94 bits per heavy atom. The first-order chi connectivity index (χ1) is 8.76. The number of allylic oxidation sites excluding steroid dienone is 2. The van der Waals surface area contributed by atoms with Crippen LogP contribution in [0.15, 0.2) is 40.1 Å². The molecule has 0 saturated carbocycles. The lowest BCUT2D eigenvalue weighted by Gasteiger charge is -2.06. The van der Waals surface area contributed by atoms with Gasteiger partial charge in [-0.3, -0.25) is 0 Å². The molecule has 0 aliphatic carbocycles. The monoisotopic (exact) mass is 259 g/mol. The molecule has 0 aliphatic heterocycles. The third kappa shape index (κ3) is 5.93. The van der Waals surface area contributed by atoms with Gasteiger partial charge < -0.3 is 0 Å². The zero-order chi connectivity index (χ0) is 13.2. The first kappa shape index (κ1) is 14.9. The number of aryl methyl sites for hydroxylation is 1. The fraction of sp³-hybridized carbons (Fsp3) is 0.438. The molecule has 0 spiro atoms. The molecule has 0 amide bonds. The maximum Gasteiger partial charge on any atom is 0.0920 e. The predicted octanol–water partition coefficient (Wildman–Crippen LogP) is 5.47. The van der Waals surface area contributed by atoms with Crippen LogP contribution in [0.5, 0.6) is 0 Å². The van der Waals surface area contributed by atoms with Crippen LogP contribution in [0.4, 0.5) is 0 Å². The average Bonchev–Trinajstić information content (AvgIpc) is 2.37. The average molecular weight is 259 g/mol. The summed E-state index contributed by atoms with van der Waals surface area (Å²) >= 11 is 1.72. The molecular formula is C16H21NS. The summed E-state index contributed by atoms with van der Waals surface area (Å²) in [5.74, 6) is 0. The van der Waals surface area contributed by atoms with Gasteiger partial charge in [-0.15, -0.1) is 0 Å². The van der Waals surface area contributed by atoms with Crippen molar-refractivity contribution >= 4 is 11.8 Å². The van der Waals surface area contributed by atoms with Crippen LogP contribution in [-0.2, 0) is 0 Å². The molecule has 0 atom stereocenters. The highest BCUT2D eigenvalue weighted by molar-refractivity contribution is 8.03. The quantitative estimate of drug-likeness (QED) is 0.368. The van der Waals surface area contributed by atoms with Crippen LogP contribution in [0.2, 0.25) is 0 Å². The van der Waals surface area contributed by atoms with Gasteiger partial charge >= 0.3 is 0 Å². The van der Waals surface area contributed by atoms with Gasteiger partial charge in [0, 0.05) is 15.9 Å². The maximum atomic E-state index is 8.82. The SMILES string of the molecule is CCCCCC/C(=C/C#N)Sc1ccc(C)cc1. The van der Waals surface area contributed by atoms with Crippen molar-refractivity contribution in [3.63, 3.8) is 0 Å². The molecule has 1 aromatic rings. The minimum atomic E-state index is 1.02. The van der Waals surface area contributed by atoms with E-state index in [9.17, 15) is 0 Å². The summed E-state index contributed by atoms with van der Waals surface area (Å²) in [7, 11) is 0. The minimum absolute atomic E-state index is 1.02. The van der Waals surface area contributed by atoms with Crippen molar-refractivity contribution < 1.29 is 0 Å². The van der Waals surface area contributed by atoms with E-state index < -0.39 is 0 Å². The molecule has 0 aliphatic rings. The first-order valence-electron chi connectivity index (χ1n) is 6.59. The Morgan fingerprint density at radius 3 is 2.56 bits per heavy atom. The standard InChI is InChI=1S/C16H21NS/c1-3-4-5-6-7-15(12-13-17)18-16-10-8-14(2)9-11-16/h8-12H,3-7H2,1-2H3/b15-12-. The number of nitriles is 1. The van der Waals surface area contributed by atoms with Gasteiger partial charge in [-0.05, 0) is 31.9 Å². The van der Waals surface area contributed by atoms with Gasteiger partial charge in [-0.1, -0.05) is 55.6 Å². The van der Waals surface area contributed by atoms with Gasteiger partial charge in [0.2, 0.25) is 0 Å². The smallest absolute Gasteiger partial charge is 0.0920 e. The molecule has 0 saturated heterocycles. The van der Waals surface area contributed by atoms with Crippen molar-refractivity contribution in [2.45, 2.75) is 50.8 Å². The largest absolute Gasteiger partial charge is 0.193 e. The Hall–Kier alpha value is -1.20. The molecule has 0 heterocycles. The number of rotatable bonds is 7. The van der Waals surface area contributed by atoms with Crippen molar-refractivity contribution in [3.8, 4) is 6.07 Å². The Kier molecular flexibility index (Phi) is 7.29. The summed E-state index contributed by atoms with van der Waals surface area (Å²) < 4.78 is 0. The molecule has 0 aromatic heterocycles. The normalized spacial score (nSPS) is 11.3. The van der Waals surface area contributed by atoms with Crippen LogP contribution < -0.4 is 0 Å². The van der Waals surface area contributed by atoms with Crippen LogP contribution in [0, 0.1) is 18.3 Å². The topological polar surface area (TPSA) is 23.8 Å². The van der Waals surface area contributed by atoms with E-state index in [-0.39, 0.29) is 0 Å². The van der Waals surface area contributed by atoms with Crippen molar-refractivity contribution in [1.82, 2.24) is 0 Å². The lowest BCUT2D eigenvalue weighted by molar-refractivity contribution is 0.672. The molecule has 18 heavy (non-hydrogen) atoms. The second-order valence-corrected chi connectivity index (χ2v) is 5.67. The fourth-order valence-electron chi connectivity index (χ4n) is 1.71. The van der Waals surface area contributed by atoms with E-state index in [4.69, 9.17) is 5.26 Å². The van der Waals surface area contributed by atoms with Crippen molar-refractivity contribution in [1.29, 1.82) is 5.26 Å². The Labute approximate surface area is 115 Å². The third-order valence-electron chi connectivity index (χ3n) is 2.77. The summed E-state index contributed by atoms with van der Waals surface area (Å²) in [4.78, 5) is 2.40. The molecule has 0 fully saturated rings. The summed E-state index contributed by atoms with van der Waals surface area (Å²) in [5.41, 5.74) is 1.27. The molecule has 1 rings (SSSR count). The minimum Gasteiger partial charge on any atom is -0.193 e. The number of unbranched alkanes of at least 4 members (excludes halogenated alkanes) is 3. The van der Waals surface area contributed by atoms with Gasteiger partial charge in [-0.2, -0.15) is 5.26 Å². The number of thioether (sulfide) groups is 1. The number of hydrogen-bond donors (Lipinski definition) is 0. The van der Waals surface area contributed by atoms with Crippen LogP contribution in [0.25, 0.3) is 0 Å². The van der Waals surface area contributed by atoms with Gasteiger partial charge in [0.05, 0.1) is 6.07 Å². The highest BCUT2D eigenvalue weighted by Gasteiger charge is 2.01. The van der Waals surface area contributed by atoms with Crippen LogP contribution in [-0.4, -0.2) is 0 Å². The zero-order valence-corrected chi connectivity index (χ0v) is 12.1. The van der Waals surface area contributed by atoms with Gasteiger partial charge in [0.15, 0.2) is 0 Å². The van der Waals surface area contributed by atoms with E-state index >= 15 is 0 Å². The molecule has 0 N–H and O–H groups in total. The van der Waals surface area contributed by atoms with E-state index in [1.54, 1.807) is 17.8 Å². The second-order valence-electron chi connectivity index (χ2n) is 4.47. The van der Waals surface area contributed by atoms with Crippen molar-refractivity contribution in [2.75, 3.05) is 0 Å². The van der Waals surface area contributed by atoms with E-state index in [0.29, 0.717) is 0 Å². The predicted molar refractivity (Wildman–Crippen MR) is 79.5 cm³/mol. The van der Waals surface area contributed by atoms with E-state index in [2.05, 4.69) is 44.2 Å². The van der Waals surface area contributed by atoms with Crippen LogP contribution in [0.3, 0.4) is 0 Å². The molecule has 0 bridgehead atoms. The highest BCUT2D eigenvalue weighted by Crippen LogP contribution is 2.30. The van der Waals surface area contributed by atoms with Crippen LogP contribution in [0.1, 0.15) is 44.6 Å². The molecule has 1 nitrogen and oxygen atoms in total. The molecule has 0 unspecified atom stereocenters. The number of benzene rings is 1. The molecular weight excluding hydrogens is 238 g/mol. The summed E-state index contributed by atoms with van der Waals surface area (Å²) in [5, 5.41) is 8.82. The molecule has 2 heteroatoms. The van der Waals surface area contributed by atoms with Crippen molar-refractivity contribution in [3.05, 3.63) is 40.8 Å². The zero-order valence-electron chi connectivity index (χ0n) is 11.3. The Morgan fingerprint density at radius 1 is 1.22 bits per heavy atom. The lowest BCUT2D eigenvalue weighted by atomic mass is 10.1. The molecule has 0 radical (unpaired) electrons. The highest BCUT2D eigenvalue weighted by atomic mass is 32.2. The lowest BCUT2D eigenvalue weighted by Crippen LogP contribution is -1.82. The number of nitrogens with zero attached hydrogens (tertiary/aromatic N) is 1. The Bertz CT molecular complexity index is 412. The molecule has 96 valence electrons. The first-order valence-corrected chi connectivity index (χ1v) is 7.41. The summed E-state index contributed by atoms with van der Waals surface area (Å²) in [6.07, 6.45) is 7.69. The van der Waals surface area contributed by atoms with E-state index in [1.165, 1.54) is 41.0 Å². The van der Waals surface area contributed by atoms with Crippen molar-refractivity contribution in [2.24, 2.45) is 0 Å². The summed E-state index contributed by atoms with van der Waals surface area (Å²) in [6.45, 7) is 4.30. The summed E-state index contributed by atoms with van der Waals surface area (Å²) in [6, 6.07) is 10.6. The Balaban J connectivity index is 2.50.